The maximum Gasteiger partial charge on any atom is 0.306 e. The van der Waals surface area contributed by atoms with E-state index in [4.69, 9.17) is 4.74 Å². The van der Waals surface area contributed by atoms with E-state index in [1.165, 1.54) is 17.5 Å². The minimum atomic E-state index is -0.616. The maximum absolute atomic E-state index is 12.4. The highest BCUT2D eigenvalue weighted by Gasteiger charge is 2.23. The molecule has 6 nitrogen and oxygen atoms in total. The Kier molecular flexibility index (Phi) is 7.55. The van der Waals surface area contributed by atoms with Gasteiger partial charge in [-0.25, -0.2) is 0 Å². The third-order valence-electron chi connectivity index (χ3n) is 5.83. The Morgan fingerprint density at radius 2 is 1.62 bits per heavy atom. The fourth-order valence-corrected chi connectivity index (χ4v) is 4.13. The highest BCUT2D eigenvalue weighted by Crippen LogP contribution is 2.24. The quantitative estimate of drug-likeness (QED) is 0.561. The molecule has 0 aromatic heterocycles. The maximum atomic E-state index is 12.4. The van der Waals surface area contributed by atoms with Crippen LogP contribution < -0.4 is 5.32 Å². The monoisotopic (exact) mass is 399 g/mol. The molecule has 0 radical (unpaired) electrons. The molecule has 3 rings (SSSR count). The van der Waals surface area contributed by atoms with Gasteiger partial charge < -0.3 is 4.74 Å². The Balaban J connectivity index is 1.37. The molecule has 1 N–H and O–H groups in total. The molecule has 0 heterocycles. The van der Waals surface area contributed by atoms with Gasteiger partial charge in [-0.2, -0.15) is 0 Å². The molecule has 0 unspecified atom stereocenters. The van der Waals surface area contributed by atoms with Crippen molar-refractivity contribution in [2.24, 2.45) is 5.92 Å². The van der Waals surface area contributed by atoms with Gasteiger partial charge in [0.25, 0.3) is 5.91 Å². The van der Waals surface area contributed by atoms with Crippen molar-refractivity contribution >= 4 is 23.6 Å². The predicted octanol–water partition coefficient (Wildman–Crippen LogP) is 3.29. The lowest BCUT2D eigenvalue weighted by molar-refractivity contribution is -0.150. The van der Waals surface area contributed by atoms with Crippen LogP contribution in [0.2, 0.25) is 0 Å². The minimum Gasteiger partial charge on any atom is -0.456 e. The third kappa shape index (κ3) is 6.24. The van der Waals surface area contributed by atoms with Crippen LogP contribution >= 0.6 is 0 Å². The van der Waals surface area contributed by atoms with Crippen LogP contribution in [0.15, 0.2) is 18.2 Å². The van der Waals surface area contributed by atoms with Crippen LogP contribution in [0.3, 0.4) is 0 Å². The zero-order chi connectivity index (χ0) is 20.6. The first-order chi connectivity index (χ1) is 14.0. The Labute approximate surface area is 171 Å². The zero-order valence-corrected chi connectivity index (χ0v) is 16.8. The molecule has 1 aromatic carbocycles. The van der Waals surface area contributed by atoms with Gasteiger partial charge >= 0.3 is 5.97 Å². The second kappa shape index (κ2) is 10.3. The second-order valence-corrected chi connectivity index (χ2v) is 8.02. The number of nitrogens with one attached hydrogen (secondary N) is 1. The molecule has 6 heteroatoms. The molecule has 1 saturated carbocycles. The van der Waals surface area contributed by atoms with Gasteiger partial charge in [0.15, 0.2) is 12.4 Å². The average molecular weight is 399 g/mol. The van der Waals surface area contributed by atoms with Gasteiger partial charge in [-0.1, -0.05) is 31.4 Å². The van der Waals surface area contributed by atoms with Crippen LogP contribution in [0.4, 0.5) is 0 Å². The van der Waals surface area contributed by atoms with E-state index in [1.54, 1.807) is 0 Å². The molecule has 2 aliphatic rings. The van der Waals surface area contributed by atoms with Crippen LogP contribution in [-0.4, -0.2) is 30.2 Å². The summed E-state index contributed by atoms with van der Waals surface area (Å²) < 4.78 is 4.91. The lowest BCUT2D eigenvalue weighted by atomic mass is 9.89. The zero-order valence-electron chi connectivity index (χ0n) is 16.8. The van der Waals surface area contributed by atoms with E-state index in [1.807, 2.05) is 18.2 Å². The van der Waals surface area contributed by atoms with Crippen LogP contribution in [-0.2, 0) is 32.0 Å². The van der Waals surface area contributed by atoms with Gasteiger partial charge in [-0.3, -0.25) is 24.5 Å². The number of hydrogen-bond acceptors (Lipinski definition) is 5. The summed E-state index contributed by atoms with van der Waals surface area (Å²) in [4.78, 5) is 48.1. The van der Waals surface area contributed by atoms with Gasteiger partial charge in [0, 0.05) is 17.9 Å². The van der Waals surface area contributed by atoms with Crippen LogP contribution in [0, 0.1) is 5.92 Å². The molecular weight excluding hydrogens is 370 g/mol. The number of fused-ring (bicyclic) bond motifs is 1. The van der Waals surface area contributed by atoms with E-state index in [0.29, 0.717) is 5.56 Å². The van der Waals surface area contributed by atoms with E-state index < -0.39 is 18.5 Å². The van der Waals surface area contributed by atoms with E-state index in [0.717, 1.165) is 51.4 Å². The summed E-state index contributed by atoms with van der Waals surface area (Å²) in [7, 11) is 0. The Morgan fingerprint density at radius 1 is 0.897 bits per heavy atom. The van der Waals surface area contributed by atoms with Crippen molar-refractivity contribution in [3.8, 4) is 0 Å². The summed E-state index contributed by atoms with van der Waals surface area (Å²) in [5.41, 5.74) is 3.15. The third-order valence-corrected chi connectivity index (χ3v) is 5.83. The minimum absolute atomic E-state index is 0.0419. The summed E-state index contributed by atoms with van der Waals surface area (Å²) in [5, 5.41) is 2.30. The molecule has 0 aliphatic heterocycles. The summed E-state index contributed by atoms with van der Waals surface area (Å²) in [6.45, 7) is -0.496. The molecular formula is C23H29NO5. The molecule has 0 saturated heterocycles. The number of carbonyl (C=O) groups is 4. The number of imide groups is 1. The summed E-state index contributed by atoms with van der Waals surface area (Å²) in [6, 6.07) is 5.77. The van der Waals surface area contributed by atoms with Crippen molar-refractivity contribution in [1.82, 2.24) is 5.32 Å². The molecule has 156 valence electrons. The summed E-state index contributed by atoms with van der Waals surface area (Å²) in [5.74, 6) is -1.75. The number of benzene rings is 1. The standard InChI is InChI=1S/C23H29NO5/c25-20(19-11-10-16-6-4-5-9-18(16)14-19)12-13-22(27)29-15-21(26)24-23(28)17-7-2-1-3-8-17/h10-11,14,17H,1-9,12-13,15H2,(H,24,26,28). The van der Waals surface area contributed by atoms with E-state index in [-0.39, 0.29) is 30.4 Å². The first kappa shape index (κ1) is 21.2. The molecule has 1 aromatic rings. The molecule has 0 spiro atoms. The van der Waals surface area contributed by atoms with Gasteiger partial charge in [0.2, 0.25) is 5.91 Å². The highest BCUT2D eigenvalue weighted by molar-refractivity contribution is 5.99. The first-order valence-electron chi connectivity index (χ1n) is 10.7. The van der Waals surface area contributed by atoms with E-state index in [2.05, 4.69) is 5.32 Å². The molecule has 1 fully saturated rings. The van der Waals surface area contributed by atoms with Gasteiger partial charge in [-0.15, -0.1) is 0 Å². The summed E-state index contributed by atoms with van der Waals surface area (Å²) >= 11 is 0. The average Bonchev–Trinajstić information content (AvgIpc) is 2.76. The first-order valence-corrected chi connectivity index (χ1v) is 10.7. The number of aryl methyl sites for hydroxylation is 2. The predicted molar refractivity (Wildman–Crippen MR) is 107 cm³/mol. The van der Waals surface area contributed by atoms with Crippen molar-refractivity contribution in [3.63, 3.8) is 0 Å². The number of esters is 1. The van der Waals surface area contributed by atoms with Crippen molar-refractivity contribution in [1.29, 1.82) is 0 Å². The second-order valence-electron chi connectivity index (χ2n) is 8.02. The van der Waals surface area contributed by atoms with Crippen molar-refractivity contribution < 1.29 is 23.9 Å². The SMILES string of the molecule is O=C(COC(=O)CCC(=O)c1ccc2c(c1)CCCC2)NC(=O)C1CCCCC1. The van der Waals surface area contributed by atoms with Crippen LogP contribution in [0.25, 0.3) is 0 Å². The largest absolute Gasteiger partial charge is 0.456 e. The number of Topliss-reactive ketones (excluding diaryl/α,β-unsaturated/α-hetero) is 1. The van der Waals surface area contributed by atoms with E-state index >= 15 is 0 Å². The topological polar surface area (TPSA) is 89.5 Å². The number of carbonyl (C=O) groups excluding carboxylic acids is 4. The molecule has 2 aliphatic carbocycles. The number of hydrogen-bond donors (Lipinski definition) is 1. The number of rotatable bonds is 7. The molecule has 29 heavy (non-hydrogen) atoms. The smallest absolute Gasteiger partial charge is 0.306 e. The Morgan fingerprint density at radius 3 is 2.38 bits per heavy atom. The highest BCUT2D eigenvalue weighted by atomic mass is 16.5. The Bertz CT molecular complexity index is 779. The summed E-state index contributed by atoms with van der Waals surface area (Å²) in [6.07, 6.45) is 9.05. The number of amides is 2. The lowest BCUT2D eigenvalue weighted by Crippen LogP contribution is -2.38. The van der Waals surface area contributed by atoms with Crippen molar-refractivity contribution in [2.45, 2.75) is 70.6 Å². The van der Waals surface area contributed by atoms with Gasteiger partial charge in [0.1, 0.15) is 0 Å². The van der Waals surface area contributed by atoms with Crippen molar-refractivity contribution in [2.75, 3.05) is 6.61 Å². The van der Waals surface area contributed by atoms with Crippen LogP contribution in [0.5, 0.6) is 0 Å². The van der Waals surface area contributed by atoms with Gasteiger partial charge in [-0.05, 0) is 55.7 Å². The fourth-order valence-electron chi connectivity index (χ4n) is 4.13. The lowest BCUT2D eigenvalue weighted by Gasteiger charge is -2.20. The number of ether oxygens (including phenoxy) is 1. The van der Waals surface area contributed by atoms with Crippen molar-refractivity contribution in [3.05, 3.63) is 34.9 Å². The van der Waals surface area contributed by atoms with Gasteiger partial charge in [0.05, 0.1) is 6.42 Å². The molecule has 0 bridgehead atoms. The molecule has 0 atom stereocenters. The Hall–Kier alpha value is -2.50. The molecule has 2 amide bonds. The number of ketones is 1. The normalized spacial score (nSPS) is 16.6. The fraction of sp³-hybridized carbons (Fsp3) is 0.565. The van der Waals surface area contributed by atoms with Crippen LogP contribution in [0.1, 0.15) is 79.3 Å². The van der Waals surface area contributed by atoms with E-state index in [9.17, 15) is 19.2 Å².